The number of likely N-dealkylation sites (tertiary alicyclic amines) is 1. The van der Waals surface area contributed by atoms with Gasteiger partial charge >= 0.3 is 11.8 Å². The Morgan fingerprint density at radius 1 is 1.17 bits per heavy atom. The third-order valence-electron chi connectivity index (χ3n) is 5.11. The van der Waals surface area contributed by atoms with E-state index in [9.17, 15) is 18.4 Å². The molecular formula is C20H16F2N4O4. The van der Waals surface area contributed by atoms with Gasteiger partial charge in [0.1, 0.15) is 23.5 Å². The van der Waals surface area contributed by atoms with Crippen LogP contribution >= 0.6 is 0 Å². The number of nitrogens with one attached hydrogen (secondary N) is 1. The van der Waals surface area contributed by atoms with Crippen molar-refractivity contribution in [2.75, 3.05) is 13.1 Å². The van der Waals surface area contributed by atoms with E-state index in [1.165, 1.54) is 17.1 Å². The fraction of sp³-hybridized carbons (Fsp3) is 0.250. The van der Waals surface area contributed by atoms with E-state index in [-0.39, 0.29) is 12.1 Å². The summed E-state index contributed by atoms with van der Waals surface area (Å²) in [6.07, 6.45) is 1.72. The van der Waals surface area contributed by atoms with Crippen LogP contribution in [0.4, 0.5) is 13.6 Å². The highest BCUT2D eigenvalue weighted by molar-refractivity contribution is 5.79. The zero-order valence-corrected chi connectivity index (χ0v) is 15.5. The van der Waals surface area contributed by atoms with Crippen molar-refractivity contribution < 1.29 is 22.7 Å². The SMILES string of the molecule is O=C(N1CC(Oc2ccc3oc(=O)[nH]c3c2)C1)N1N=CCC1c1cc(F)cc(F)c1. The lowest BCUT2D eigenvalue weighted by Gasteiger charge is -2.41. The molecule has 1 aromatic heterocycles. The molecule has 2 aliphatic rings. The number of hydrogen-bond donors (Lipinski definition) is 1. The highest BCUT2D eigenvalue weighted by Gasteiger charge is 2.39. The zero-order chi connectivity index (χ0) is 20.8. The Balaban J connectivity index is 1.23. The molecule has 154 valence electrons. The number of urea groups is 1. The number of carbonyl (C=O) groups is 1. The van der Waals surface area contributed by atoms with Crippen LogP contribution in [0.15, 0.2) is 50.7 Å². The molecule has 0 radical (unpaired) electrons. The molecule has 2 aliphatic heterocycles. The second-order valence-corrected chi connectivity index (χ2v) is 7.20. The van der Waals surface area contributed by atoms with Gasteiger partial charge < -0.3 is 14.1 Å². The lowest BCUT2D eigenvalue weighted by molar-refractivity contribution is 0.0278. The standard InChI is InChI=1S/C20H16F2N4O4/c21-12-5-11(6-13(22)7-12)17-3-4-23-26(17)20(28)25-9-15(10-25)29-14-1-2-18-16(8-14)24-19(27)30-18/h1-2,4-8,15,17H,3,9-10H2,(H,24,27). The van der Waals surface area contributed by atoms with Gasteiger partial charge in [-0.15, -0.1) is 0 Å². The molecule has 0 aliphatic carbocycles. The van der Waals surface area contributed by atoms with Crippen molar-refractivity contribution in [2.45, 2.75) is 18.6 Å². The first kappa shape index (κ1) is 18.3. The summed E-state index contributed by atoms with van der Waals surface area (Å²) < 4.78 is 37.9. The van der Waals surface area contributed by atoms with Gasteiger partial charge in [0.15, 0.2) is 5.58 Å². The highest BCUT2D eigenvalue weighted by Crippen LogP contribution is 2.31. The average molecular weight is 414 g/mol. The van der Waals surface area contributed by atoms with Crippen molar-refractivity contribution in [1.29, 1.82) is 0 Å². The van der Waals surface area contributed by atoms with E-state index < -0.39 is 23.4 Å². The summed E-state index contributed by atoms with van der Waals surface area (Å²) >= 11 is 0. The lowest BCUT2D eigenvalue weighted by Crippen LogP contribution is -2.58. The summed E-state index contributed by atoms with van der Waals surface area (Å²) in [5.74, 6) is -1.39. The molecule has 5 rings (SSSR count). The minimum Gasteiger partial charge on any atom is -0.487 e. The number of rotatable bonds is 3. The quantitative estimate of drug-likeness (QED) is 0.713. The van der Waals surface area contributed by atoms with E-state index in [1.54, 1.807) is 29.3 Å². The van der Waals surface area contributed by atoms with Crippen LogP contribution in [0.2, 0.25) is 0 Å². The Hall–Kier alpha value is -3.69. The third kappa shape index (κ3) is 3.30. The van der Waals surface area contributed by atoms with Crippen LogP contribution in [-0.2, 0) is 0 Å². The molecule has 3 heterocycles. The molecular weight excluding hydrogens is 398 g/mol. The summed E-state index contributed by atoms with van der Waals surface area (Å²) in [7, 11) is 0. The number of ether oxygens (including phenoxy) is 1. The summed E-state index contributed by atoms with van der Waals surface area (Å²) in [6.45, 7) is 0.685. The number of amides is 2. The Kier molecular flexibility index (Phi) is 4.27. The molecule has 2 amide bonds. The van der Waals surface area contributed by atoms with E-state index in [1.807, 2.05) is 0 Å². The molecule has 1 fully saturated rings. The van der Waals surface area contributed by atoms with Crippen molar-refractivity contribution in [2.24, 2.45) is 5.10 Å². The molecule has 1 N–H and O–H groups in total. The number of H-pyrrole nitrogens is 1. The molecule has 8 nitrogen and oxygen atoms in total. The van der Waals surface area contributed by atoms with Gasteiger partial charge in [0.25, 0.3) is 0 Å². The second kappa shape index (κ2) is 6.97. The molecule has 1 saturated heterocycles. The minimum absolute atomic E-state index is 0.221. The fourth-order valence-corrected chi connectivity index (χ4v) is 3.65. The number of halogens is 2. The third-order valence-corrected chi connectivity index (χ3v) is 5.11. The molecule has 1 unspecified atom stereocenters. The predicted molar refractivity (Wildman–Crippen MR) is 102 cm³/mol. The van der Waals surface area contributed by atoms with Crippen LogP contribution in [0.5, 0.6) is 5.75 Å². The molecule has 30 heavy (non-hydrogen) atoms. The monoisotopic (exact) mass is 414 g/mol. The summed E-state index contributed by atoms with van der Waals surface area (Å²) in [6, 6.07) is 7.27. The van der Waals surface area contributed by atoms with Gasteiger partial charge in [-0.1, -0.05) is 0 Å². The molecule has 2 aromatic carbocycles. The number of aromatic nitrogens is 1. The van der Waals surface area contributed by atoms with E-state index in [0.29, 0.717) is 41.9 Å². The van der Waals surface area contributed by atoms with Crippen molar-refractivity contribution in [3.63, 3.8) is 0 Å². The minimum atomic E-state index is -0.697. The number of benzene rings is 2. The van der Waals surface area contributed by atoms with Crippen LogP contribution < -0.4 is 10.5 Å². The smallest absolute Gasteiger partial charge is 0.417 e. The molecule has 3 aromatic rings. The fourth-order valence-electron chi connectivity index (χ4n) is 3.65. The number of oxazole rings is 1. The number of nitrogens with zero attached hydrogens (tertiary/aromatic N) is 3. The van der Waals surface area contributed by atoms with E-state index >= 15 is 0 Å². The first-order valence-corrected chi connectivity index (χ1v) is 9.32. The van der Waals surface area contributed by atoms with Crippen molar-refractivity contribution >= 4 is 23.3 Å². The second-order valence-electron chi connectivity index (χ2n) is 7.20. The summed E-state index contributed by atoms with van der Waals surface area (Å²) in [4.78, 5) is 28.1. The van der Waals surface area contributed by atoms with Gasteiger partial charge in [-0.25, -0.2) is 23.4 Å². The maximum absolute atomic E-state index is 13.6. The number of hydrogen-bond acceptors (Lipinski definition) is 5. The molecule has 0 saturated carbocycles. The maximum atomic E-state index is 13.6. The first-order valence-electron chi connectivity index (χ1n) is 9.32. The maximum Gasteiger partial charge on any atom is 0.417 e. The van der Waals surface area contributed by atoms with Crippen LogP contribution in [0.3, 0.4) is 0 Å². The molecule has 0 bridgehead atoms. The van der Waals surface area contributed by atoms with Crippen molar-refractivity contribution in [3.8, 4) is 5.75 Å². The Labute approximate surface area is 168 Å². The van der Waals surface area contributed by atoms with Crippen molar-refractivity contribution in [3.05, 3.63) is 64.1 Å². The van der Waals surface area contributed by atoms with Gasteiger partial charge in [0, 0.05) is 24.8 Å². The van der Waals surface area contributed by atoms with Crippen LogP contribution in [0.25, 0.3) is 11.1 Å². The van der Waals surface area contributed by atoms with Gasteiger partial charge in [-0.05, 0) is 29.8 Å². The predicted octanol–water partition coefficient (Wildman–Crippen LogP) is 3.02. The van der Waals surface area contributed by atoms with E-state index in [2.05, 4.69) is 10.1 Å². The van der Waals surface area contributed by atoms with Crippen LogP contribution in [-0.4, -0.2) is 46.3 Å². The van der Waals surface area contributed by atoms with Gasteiger partial charge in [0.2, 0.25) is 0 Å². The Bertz CT molecular complexity index is 1190. The molecule has 10 heteroatoms. The normalized spacial score (nSPS) is 18.8. The number of aromatic amines is 1. The van der Waals surface area contributed by atoms with E-state index in [4.69, 9.17) is 9.15 Å². The Morgan fingerprint density at radius 3 is 2.70 bits per heavy atom. The number of carbonyl (C=O) groups excluding carboxylic acids is 1. The van der Waals surface area contributed by atoms with Crippen LogP contribution in [0.1, 0.15) is 18.0 Å². The molecule has 0 spiro atoms. The van der Waals surface area contributed by atoms with Crippen molar-refractivity contribution in [1.82, 2.24) is 14.9 Å². The van der Waals surface area contributed by atoms with Crippen LogP contribution in [0, 0.1) is 11.6 Å². The van der Waals surface area contributed by atoms with Gasteiger partial charge in [-0.2, -0.15) is 5.10 Å². The number of fused-ring (bicyclic) bond motifs is 1. The Morgan fingerprint density at radius 2 is 1.93 bits per heavy atom. The van der Waals surface area contributed by atoms with Gasteiger partial charge in [-0.3, -0.25) is 4.98 Å². The average Bonchev–Trinajstić information content (AvgIpc) is 3.28. The first-order chi connectivity index (χ1) is 14.5. The van der Waals surface area contributed by atoms with Gasteiger partial charge in [0.05, 0.1) is 24.6 Å². The largest absolute Gasteiger partial charge is 0.487 e. The topological polar surface area (TPSA) is 91.1 Å². The number of hydrazone groups is 1. The highest BCUT2D eigenvalue weighted by atomic mass is 19.1. The summed E-state index contributed by atoms with van der Waals surface area (Å²) in [5, 5.41) is 5.33. The molecule has 1 atom stereocenters. The zero-order valence-electron chi connectivity index (χ0n) is 15.5. The van der Waals surface area contributed by atoms with E-state index in [0.717, 1.165) is 6.07 Å². The summed E-state index contributed by atoms with van der Waals surface area (Å²) in [5.41, 5.74) is 1.32. The lowest BCUT2D eigenvalue weighted by atomic mass is 10.0.